The Morgan fingerprint density at radius 1 is 0.906 bits per heavy atom. The van der Waals surface area contributed by atoms with Crippen molar-refractivity contribution in [3.05, 3.63) is 66.2 Å². The number of rotatable bonds is 6. The van der Waals surface area contributed by atoms with Gasteiger partial charge in [-0.25, -0.2) is 4.79 Å². The van der Waals surface area contributed by atoms with Gasteiger partial charge >= 0.3 is 6.03 Å². The highest BCUT2D eigenvalue weighted by Gasteiger charge is 2.16. The van der Waals surface area contributed by atoms with E-state index in [9.17, 15) is 9.59 Å². The third-order valence-corrected chi connectivity index (χ3v) is 6.11. The lowest BCUT2D eigenvalue weighted by atomic mass is 9.95. The molecule has 0 spiro atoms. The fraction of sp³-hybridized carbons (Fsp3) is 0.333. The second-order valence-corrected chi connectivity index (χ2v) is 8.60. The molecule has 0 radical (unpaired) electrons. The van der Waals surface area contributed by atoms with Crippen molar-refractivity contribution >= 4 is 28.4 Å². The van der Waals surface area contributed by atoms with Gasteiger partial charge in [0.2, 0.25) is 5.91 Å². The molecule has 32 heavy (non-hydrogen) atoms. The maximum atomic E-state index is 12.5. The Labute approximate surface area is 189 Å². The van der Waals surface area contributed by atoms with Gasteiger partial charge in [0.1, 0.15) is 0 Å². The Morgan fingerprint density at radius 2 is 1.69 bits per heavy atom. The Balaban J connectivity index is 1.59. The normalized spacial score (nSPS) is 14.2. The maximum absolute atomic E-state index is 12.5. The lowest BCUT2D eigenvalue weighted by Gasteiger charge is -2.23. The Morgan fingerprint density at radius 3 is 2.44 bits per heavy atom. The van der Waals surface area contributed by atoms with Gasteiger partial charge in [-0.2, -0.15) is 0 Å². The predicted molar refractivity (Wildman–Crippen MR) is 131 cm³/mol. The number of anilines is 1. The molecule has 0 heterocycles. The van der Waals surface area contributed by atoms with Crippen molar-refractivity contribution in [1.29, 1.82) is 0 Å². The fourth-order valence-electron chi connectivity index (χ4n) is 4.49. The molecule has 3 N–H and O–H groups in total. The van der Waals surface area contributed by atoms with Crippen molar-refractivity contribution in [2.75, 3.05) is 11.9 Å². The van der Waals surface area contributed by atoms with Gasteiger partial charge in [0, 0.05) is 25.2 Å². The molecule has 0 unspecified atom stereocenters. The van der Waals surface area contributed by atoms with Crippen LogP contribution in [0.15, 0.2) is 60.7 Å². The summed E-state index contributed by atoms with van der Waals surface area (Å²) >= 11 is 0. The molecular weight excluding hydrogens is 398 g/mol. The molecule has 0 atom stereocenters. The molecule has 0 aromatic heterocycles. The Bertz CT molecular complexity index is 1090. The van der Waals surface area contributed by atoms with Crippen molar-refractivity contribution in [3.8, 4) is 11.1 Å². The first-order valence-corrected chi connectivity index (χ1v) is 11.5. The largest absolute Gasteiger partial charge is 0.356 e. The summed E-state index contributed by atoms with van der Waals surface area (Å²) in [5.74, 6) is -0.0322. The van der Waals surface area contributed by atoms with E-state index in [1.807, 2.05) is 30.3 Å². The maximum Gasteiger partial charge on any atom is 0.319 e. The molecule has 1 fully saturated rings. The van der Waals surface area contributed by atoms with Gasteiger partial charge in [-0.3, -0.25) is 4.79 Å². The van der Waals surface area contributed by atoms with E-state index in [1.54, 1.807) is 0 Å². The zero-order valence-electron chi connectivity index (χ0n) is 18.6. The summed E-state index contributed by atoms with van der Waals surface area (Å²) in [5.41, 5.74) is 4.22. The SMILES string of the molecule is CC(=O)NCCc1cc(-c2ccccc2)cc2ccc(NC(=O)NC3CCCCC3)cc12. The van der Waals surface area contributed by atoms with Crippen LogP contribution in [0, 0.1) is 0 Å². The van der Waals surface area contributed by atoms with Crippen LogP contribution < -0.4 is 16.0 Å². The van der Waals surface area contributed by atoms with E-state index in [1.165, 1.54) is 26.2 Å². The summed E-state index contributed by atoms with van der Waals surface area (Å²) in [6, 6.07) is 20.8. The second kappa shape index (κ2) is 10.3. The molecule has 3 aromatic carbocycles. The molecular formula is C27H31N3O2. The van der Waals surface area contributed by atoms with Gasteiger partial charge in [-0.05, 0) is 64.9 Å². The average Bonchev–Trinajstić information content (AvgIpc) is 2.80. The van der Waals surface area contributed by atoms with E-state index in [-0.39, 0.29) is 18.0 Å². The third kappa shape index (κ3) is 5.67. The van der Waals surface area contributed by atoms with E-state index in [2.05, 4.69) is 46.3 Å². The highest BCUT2D eigenvalue weighted by atomic mass is 16.2. The van der Waals surface area contributed by atoms with Crippen LogP contribution in [0.5, 0.6) is 0 Å². The van der Waals surface area contributed by atoms with Crippen LogP contribution in [0.3, 0.4) is 0 Å². The summed E-state index contributed by atoms with van der Waals surface area (Å²) in [4.78, 5) is 23.9. The van der Waals surface area contributed by atoms with Crippen LogP contribution in [0.25, 0.3) is 21.9 Å². The van der Waals surface area contributed by atoms with Gasteiger partial charge in [0.25, 0.3) is 0 Å². The molecule has 5 heteroatoms. The van der Waals surface area contributed by atoms with Crippen molar-refractivity contribution in [3.63, 3.8) is 0 Å². The van der Waals surface area contributed by atoms with Crippen molar-refractivity contribution in [2.24, 2.45) is 0 Å². The van der Waals surface area contributed by atoms with Crippen LogP contribution in [0.1, 0.15) is 44.6 Å². The van der Waals surface area contributed by atoms with E-state index >= 15 is 0 Å². The van der Waals surface area contributed by atoms with Crippen LogP contribution >= 0.6 is 0 Å². The van der Waals surface area contributed by atoms with E-state index in [0.717, 1.165) is 46.0 Å². The van der Waals surface area contributed by atoms with Gasteiger partial charge in [-0.1, -0.05) is 61.7 Å². The number of nitrogens with one attached hydrogen (secondary N) is 3. The molecule has 1 aliphatic rings. The number of hydrogen-bond acceptors (Lipinski definition) is 2. The number of benzene rings is 3. The van der Waals surface area contributed by atoms with Crippen molar-refractivity contribution < 1.29 is 9.59 Å². The Kier molecular flexibility index (Phi) is 7.05. The molecule has 1 saturated carbocycles. The summed E-state index contributed by atoms with van der Waals surface area (Å²) in [6.07, 6.45) is 6.46. The van der Waals surface area contributed by atoms with Crippen LogP contribution in [0.4, 0.5) is 10.5 Å². The highest BCUT2D eigenvalue weighted by molar-refractivity contribution is 5.96. The summed E-state index contributed by atoms with van der Waals surface area (Å²) in [5, 5.41) is 11.2. The minimum Gasteiger partial charge on any atom is -0.356 e. The molecule has 0 saturated heterocycles. The molecule has 0 aliphatic heterocycles. The minimum atomic E-state index is -0.142. The highest BCUT2D eigenvalue weighted by Crippen LogP contribution is 2.30. The number of amides is 3. The van der Waals surface area contributed by atoms with Crippen LogP contribution in [-0.4, -0.2) is 24.5 Å². The number of hydrogen-bond donors (Lipinski definition) is 3. The van der Waals surface area contributed by atoms with E-state index in [4.69, 9.17) is 0 Å². The second-order valence-electron chi connectivity index (χ2n) is 8.60. The first-order valence-electron chi connectivity index (χ1n) is 11.5. The average molecular weight is 430 g/mol. The zero-order chi connectivity index (χ0) is 22.3. The number of urea groups is 1. The molecule has 166 valence electrons. The van der Waals surface area contributed by atoms with Gasteiger partial charge < -0.3 is 16.0 Å². The topological polar surface area (TPSA) is 70.2 Å². The molecule has 5 nitrogen and oxygen atoms in total. The Hall–Kier alpha value is -3.34. The van der Waals surface area contributed by atoms with Crippen molar-refractivity contribution in [1.82, 2.24) is 10.6 Å². The molecule has 3 aromatic rings. The lowest BCUT2D eigenvalue weighted by Crippen LogP contribution is -2.39. The van der Waals surface area contributed by atoms with Gasteiger partial charge in [0.15, 0.2) is 0 Å². The van der Waals surface area contributed by atoms with Crippen molar-refractivity contribution in [2.45, 2.75) is 51.5 Å². The predicted octanol–water partition coefficient (Wildman–Crippen LogP) is 5.64. The third-order valence-electron chi connectivity index (χ3n) is 6.11. The fourth-order valence-corrected chi connectivity index (χ4v) is 4.49. The van der Waals surface area contributed by atoms with Crippen LogP contribution in [-0.2, 0) is 11.2 Å². The lowest BCUT2D eigenvalue weighted by molar-refractivity contribution is -0.118. The van der Waals surface area contributed by atoms with Gasteiger partial charge in [-0.15, -0.1) is 0 Å². The first kappa shape index (κ1) is 21.9. The van der Waals surface area contributed by atoms with E-state index in [0.29, 0.717) is 13.0 Å². The minimum absolute atomic E-state index is 0.0322. The van der Waals surface area contributed by atoms with Gasteiger partial charge in [0.05, 0.1) is 0 Å². The molecule has 1 aliphatic carbocycles. The molecule has 0 bridgehead atoms. The van der Waals surface area contributed by atoms with E-state index < -0.39 is 0 Å². The summed E-state index contributed by atoms with van der Waals surface area (Å²) < 4.78 is 0. The summed E-state index contributed by atoms with van der Waals surface area (Å²) in [6.45, 7) is 2.11. The number of carbonyl (C=O) groups is 2. The number of carbonyl (C=O) groups excluding carboxylic acids is 2. The smallest absolute Gasteiger partial charge is 0.319 e. The molecule has 3 amide bonds. The zero-order valence-corrected chi connectivity index (χ0v) is 18.6. The first-order chi connectivity index (χ1) is 15.6. The number of fused-ring (bicyclic) bond motifs is 1. The monoisotopic (exact) mass is 429 g/mol. The molecule has 4 rings (SSSR count). The quantitative estimate of drug-likeness (QED) is 0.475. The van der Waals surface area contributed by atoms with Crippen LogP contribution in [0.2, 0.25) is 0 Å². The summed E-state index contributed by atoms with van der Waals surface area (Å²) in [7, 11) is 0. The standard InChI is InChI=1S/C27H31N3O2/c1-19(31)28-15-14-22-17-23(20-8-4-2-5-9-20)16-21-12-13-25(18-26(21)22)30-27(32)29-24-10-6-3-7-11-24/h2,4-5,8-9,12-13,16-18,24H,3,6-7,10-11,14-15H2,1H3,(H,28,31)(H2,29,30,32).